The quantitative estimate of drug-likeness (QED) is 0.676. The molecule has 0 heterocycles. The van der Waals surface area contributed by atoms with Gasteiger partial charge in [-0.1, -0.05) is 13.0 Å². The zero-order valence-corrected chi connectivity index (χ0v) is 14.5. The number of aryl methyl sites for hydroxylation is 1. The van der Waals surface area contributed by atoms with E-state index in [-0.39, 0.29) is 24.7 Å². The maximum atomic E-state index is 11.9. The number of carboxylic acid groups (broad SMARTS) is 1. The van der Waals surface area contributed by atoms with Gasteiger partial charge in [-0.05, 0) is 24.0 Å². The Hall–Kier alpha value is -2.44. The molecule has 1 unspecified atom stereocenters. The van der Waals surface area contributed by atoms with Crippen molar-refractivity contribution in [1.82, 2.24) is 5.32 Å². The first kappa shape index (κ1) is 19.6. The molecule has 0 radical (unpaired) electrons. The van der Waals surface area contributed by atoms with Crippen LogP contribution < -0.4 is 19.5 Å². The summed E-state index contributed by atoms with van der Waals surface area (Å²) in [5.41, 5.74) is 0.837. The molecule has 0 fully saturated rings. The van der Waals surface area contributed by atoms with Crippen LogP contribution >= 0.6 is 0 Å². The van der Waals surface area contributed by atoms with Crippen molar-refractivity contribution in [1.29, 1.82) is 0 Å². The maximum Gasteiger partial charge on any atom is 0.303 e. The number of aliphatic carboxylic acids is 1. The fourth-order valence-electron chi connectivity index (χ4n) is 2.35. The number of ether oxygens (including phenoxy) is 3. The van der Waals surface area contributed by atoms with Crippen LogP contribution in [0, 0.1) is 5.92 Å². The van der Waals surface area contributed by atoms with Crippen molar-refractivity contribution in [3.63, 3.8) is 0 Å². The van der Waals surface area contributed by atoms with Gasteiger partial charge in [0.05, 0.1) is 21.3 Å². The average Bonchev–Trinajstić information content (AvgIpc) is 2.56. The van der Waals surface area contributed by atoms with Crippen molar-refractivity contribution < 1.29 is 28.9 Å². The largest absolute Gasteiger partial charge is 0.493 e. The highest BCUT2D eigenvalue weighted by atomic mass is 16.5. The predicted octanol–water partition coefficient (Wildman–Crippen LogP) is 1.87. The number of rotatable bonds is 10. The Balaban J connectivity index is 2.64. The zero-order valence-electron chi connectivity index (χ0n) is 14.5. The highest BCUT2D eigenvalue weighted by molar-refractivity contribution is 5.76. The van der Waals surface area contributed by atoms with E-state index in [4.69, 9.17) is 19.3 Å². The summed E-state index contributed by atoms with van der Waals surface area (Å²) in [6.45, 7) is 2.12. The summed E-state index contributed by atoms with van der Waals surface area (Å²) >= 11 is 0. The van der Waals surface area contributed by atoms with Crippen LogP contribution in [0.25, 0.3) is 0 Å². The molecule has 7 nitrogen and oxygen atoms in total. The second-order valence-corrected chi connectivity index (χ2v) is 5.50. The van der Waals surface area contributed by atoms with Crippen LogP contribution in [0.4, 0.5) is 0 Å². The molecular weight excluding hydrogens is 314 g/mol. The van der Waals surface area contributed by atoms with Crippen LogP contribution in [-0.2, 0) is 16.0 Å². The molecule has 0 aliphatic carbocycles. The third-order valence-corrected chi connectivity index (χ3v) is 3.58. The highest BCUT2D eigenvalue weighted by Gasteiger charge is 2.16. The van der Waals surface area contributed by atoms with Crippen molar-refractivity contribution in [2.75, 3.05) is 27.9 Å². The zero-order chi connectivity index (χ0) is 18.1. The minimum Gasteiger partial charge on any atom is -0.493 e. The number of carbonyl (C=O) groups excluding carboxylic acids is 1. The predicted molar refractivity (Wildman–Crippen MR) is 88.8 cm³/mol. The first-order chi connectivity index (χ1) is 11.4. The lowest BCUT2D eigenvalue weighted by Gasteiger charge is -2.16. The van der Waals surface area contributed by atoms with Gasteiger partial charge in [0, 0.05) is 19.4 Å². The number of benzene rings is 1. The molecule has 0 spiro atoms. The minimum atomic E-state index is -0.869. The molecule has 7 heteroatoms. The highest BCUT2D eigenvalue weighted by Crippen LogP contribution is 2.40. The van der Waals surface area contributed by atoms with Crippen LogP contribution in [0.5, 0.6) is 17.2 Å². The molecule has 1 amide bonds. The Morgan fingerprint density at radius 2 is 1.79 bits per heavy atom. The summed E-state index contributed by atoms with van der Waals surface area (Å²) in [7, 11) is 4.61. The first-order valence-electron chi connectivity index (χ1n) is 7.69. The summed E-state index contributed by atoms with van der Waals surface area (Å²) in [4.78, 5) is 22.5. The molecule has 134 valence electrons. The number of amides is 1. The van der Waals surface area contributed by atoms with Gasteiger partial charge < -0.3 is 24.6 Å². The fraction of sp³-hybridized carbons (Fsp3) is 0.529. The van der Waals surface area contributed by atoms with Gasteiger partial charge in [-0.3, -0.25) is 9.59 Å². The molecular formula is C17H25NO6. The lowest BCUT2D eigenvalue weighted by molar-refractivity contribution is -0.138. The normalized spacial score (nSPS) is 11.5. The van der Waals surface area contributed by atoms with E-state index < -0.39 is 5.97 Å². The van der Waals surface area contributed by atoms with Crippen molar-refractivity contribution in [3.05, 3.63) is 17.7 Å². The molecule has 0 saturated carbocycles. The molecule has 24 heavy (non-hydrogen) atoms. The van der Waals surface area contributed by atoms with Crippen LogP contribution in [0.2, 0.25) is 0 Å². The monoisotopic (exact) mass is 339 g/mol. The summed E-state index contributed by atoms with van der Waals surface area (Å²) < 4.78 is 15.9. The number of methoxy groups -OCH3 is 3. The van der Waals surface area contributed by atoms with Gasteiger partial charge in [0.1, 0.15) is 0 Å². The van der Waals surface area contributed by atoms with E-state index in [0.29, 0.717) is 30.2 Å². The third kappa shape index (κ3) is 5.64. The number of nitrogens with one attached hydrogen (secondary N) is 1. The first-order valence-corrected chi connectivity index (χ1v) is 7.69. The molecule has 2 N–H and O–H groups in total. The average molecular weight is 339 g/mol. The molecule has 1 aromatic carbocycles. The van der Waals surface area contributed by atoms with Crippen LogP contribution in [0.15, 0.2) is 12.1 Å². The topological polar surface area (TPSA) is 94.1 Å². The summed E-state index contributed by atoms with van der Waals surface area (Å²) in [6, 6.07) is 3.60. The van der Waals surface area contributed by atoms with E-state index in [0.717, 1.165) is 5.56 Å². The maximum absolute atomic E-state index is 11.9. The molecule has 0 bridgehead atoms. The molecule has 0 aliphatic rings. The molecule has 1 aromatic rings. The van der Waals surface area contributed by atoms with Gasteiger partial charge >= 0.3 is 5.97 Å². The fourth-order valence-corrected chi connectivity index (χ4v) is 2.35. The summed E-state index contributed by atoms with van der Waals surface area (Å²) in [5, 5.41) is 11.4. The van der Waals surface area contributed by atoms with E-state index >= 15 is 0 Å². The molecule has 1 rings (SSSR count). The van der Waals surface area contributed by atoms with Crippen molar-refractivity contribution in [2.24, 2.45) is 5.92 Å². The SMILES string of the molecule is COc1ccc(CCC(=O)NCC(C)CC(=O)O)c(OC)c1OC. The van der Waals surface area contributed by atoms with E-state index in [1.54, 1.807) is 20.1 Å². The minimum absolute atomic E-state index is 0.0315. The van der Waals surface area contributed by atoms with Gasteiger partial charge in [-0.2, -0.15) is 0 Å². The second kappa shape index (κ2) is 9.64. The van der Waals surface area contributed by atoms with Crippen LogP contribution in [0.1, 0.15) is 25.3 Å². The van der Waals surface area contributed by atoms with E-state index in [9.17, 15) is 9.59 Å². The van der Waals surface area contributed by atoms with Crippen LogP contribution in [0.3, 0.4) is 0 Å². The van der Waals surface area contributed by atoms with Crippen LogP contribution in [-0.4, -0.2) is 44.9 Å². The van der Waals surface area contributed by atoms with Gasteiger partial charge in [0.25, 0.3) is 0 Å². The second-order valence-electron chi connectivity index (χ2n) is 5.50. The molecule has 0 aliphatic heterocycles. The standard InChI is InChI=1S/C17H25NO6/c1-11(9-15(20)21)10-18-14(19)8-6-12-5-7-13(22-2)17(24-4)16(12)23-3/h5,7,11H,6,8-10H2,1-4H3,(H,18,19)(H,20,21). The van der Waals surface area contributed by atoms with Gasteiger partial charge in [0.2, 0.25) is 11.7 Å². The molecule has 0 aromatic heterocycles. The Kier molecular flexibility index (Phi) is 7.88. The van der Waals surface area contributed by atoms with Crippen molar-refractivity contribution in [2.45, 2.75) is 26.2 Å². The smallest absolute Gasteiger partial charge is 0.303 e. The third-order valence-electron chi connectivity index (χ3n) is 3.58. The van der Waals surface area contributed by atoms with E-state index in [1.165, 1.54) is 14.2 Å². The Bertz CT molecular complexity index is 572. The summed E-state index contributed by atoms with van der Waals surface area (Å²) in [6.07, 6.45) is 0.776. The van der Waals surface area contributed by atoms with Gasteiger partial charge in [-0.15, -0.1) is 0 Å². The molecule has 1 atom stereocenters. The number of carbonyl (C=O) groups is 2. The Labute approximate surface area is 141 Å². The summed E-state index contributed by atoms with van der Waals surface area (Å²) in [5.74, 6) is 0.486. The number of carboxylic acids is 1. The number of hydrogen-bond acceptors (Lipinski definition) is 5. The molecule has 0 saturated heterocycles. The van der Waals surface area contributed by atoms with Crippen molar-refractivity contribution in [3.8, 4) is 17.2 Å². The lowest BCUT2D eigenvalue weighted by atomic mass is 10.1. The number of hydrogen-bond donors (Lipinski definition) is 2. The van der Waals surface area contributed by atoms with Gasteiger partial charge in [0.15, 0.2) is 11.5 Å². The van der Waals surface area contributed by atoms with E-state index in [1.807, 2.05) is 6.07 Å². The Morgan fingerprint density at radius 3 is 2.33 bits per heavy atom. The Morgan fingerprint density at radius 1 is 1.12 bits per heavy atom. The van der Waals surface area contributed by atoms with Crippen molar-refractivity contribution >= 4 is 11.9 Å². The van der Waals surface area contributed by atoms with Gasteiger partial charge in [-0.25, -0.2) is 0 Å². The van der Waals surface area contributed by atoms with E-state index in [2.05, 4.69) is 5.32 Å². The lowest BCUT2D eigenvalue weighted by Crippen LogP contribution is -2.29.